The lowest BCUT2D eigenvalue weighted by Gasteiger charge is -2.18. The Hall–Kier alpha value is -1.13. The molecule has 2 aromatic rings. The number of hydrogen-bond donors (Lipinski definition) is 2. The maximum absolute atomic E-state index is 4.49. The zero-order valence-electron chi connectivity index (χ0n) is 12.9. The fourth-order valence-corrected chi connectivity index (χ4v) is 3.30. The zero-order chi connectivity index (χ0) is 16.4. The van der Waals surface area contributed by atoms with E-state index in [4.69, 9.17) is 0 Å². The summed E-state index contributed by atoms with van der Waals surface area (Å²) in [5, 5.41) is 10.9. The van der Waals surface area contributed by atoms with Gasteiger partial charge in [-0.2, -0.15) is 5.10 Å². The van der Waals surface area contributed by atoms with Gasteiger partial charge in [-0.1, -0.05) is 41.9 Å². The quantitative estimate of drug-likeness (QED) is 0.635. The normalized spacial score (nSPS) is 14.3. The lowest BCUT2D eigenvalue weighted by molar-refractivity contribution is 0.288. The van der Waals surface area contributed by atoms with Crippen molar-refractivity contribution in [2.45, 2.75) is 26.9 Å². The summed E-state index contributed by atoms with van der Waals surface area (Å²) in [6.45, 7) is 5.99. The lowest BCUT2D eigenvalue weighted by Crippen LogP contribution is -2.40. The number of rotatable bonds is 5. The molecule has 0 saturated carbocycles. The van der Waals surface area contributed by atoms with Crippen molar-refractivity contribution in [3.8, 4) is 0 Å². The largest absolute Gasteiger partial charge is 0.266 e. The van der Waals surface area contributed by atoms with Gasteiger partial charge in [0.25, 0.3) is 0 Å². The second-order valence-electron chi connectivity index (χ2n) is 5.80. The van der Waals surface area contributed by atoms with Crippen LogP contribution >= 0.6 is 38.5 Å². The van der Waals surface area contributed by atoms with Crippen LogP contribution in [0.4, 0.5) is 0 Å². The van der Waals surface area contributed by atoms with Gasteiger partial charge in [-0.25, -0.2) is 5.53 Å². The summed E-state index contributed by atoms with van der Waals surface area (Å²) in [6, 6.07) is 8.27. The smallest absolute Gasteiger partial charge is 0.177 e. The van der Waals surface area contributed by atoms with Gasteiger partial charge in [0.1, 0.15) is 3.70 Å². The first-order chi connectivity index (χ1) is 11.0. The van der Waals surface area contributed by atoms with E-state index in [0.29, 0.717) is 12.5 Å². The molecule has 0 atom stereocenters. The topological polar surface area (TPSA) is 57.5 Å². The third-order valence-electron chi connectivity index (χ3n) is 3.41. The van der Waals surface area contributed by atoms with Crippen molar-refractivity contribution in [1.82, 2.24) is 25.9 Å². The van der Waals surface area contributed by atoms with Gasteiger partial charge in [0.05, 0.1) is 18.3 Å². The van der Waals surface area contributed by atoms with Gasteiger partial charge in [0.2, 0.25) is 0 Å². The maximum Gasteiger partial charge on any atom is 0.177 e. The second kappa shape index (κ2) is 7.18. The number of hydrazone groups is 1. The molecule has 1 aromatic heterocycles. The Morgan fingerprint density at radius 2 is 2.00 bits per heavy atom. The highest BCUT2D eigenvalue weighted by atomic mass is 127. The molecule has 0 radical (unpaired) electrons. The summed E-state index contributed by atoms with van der Waals surface area (Å²) in [5.41, 5.74) is 8.14. The number of benzene rings is 1. The van der Waals surface area contributed by atoms with E-state index in [1.807, 2.05) is 28.0 Å². The van der Waals surface area contributed by atoms with E-state index in [1.165, 1.54) is 5.56 Å². The molecule has 2 N–H and O–H groups in total. The third kappa shape index (κ3) is 3.86. The molecule has 0 amide bonds. The van der Waals surface area contributed by atoms with Crippen molar-refractivity contribution in [1.29, 1.82) is 0 Å². The first-order valence-electron chi connectivity index (χ1n) is 7.36. The molecule has 23 heavy (non-hydrogen) atoms. The van der Waals surface area contributed by atoms with Gasteiger partial charge in [-0.15, -0.1) is 10.6 Å². The van der Waals surface area contributed by atoms with Crippen LogP contribution < -0.4 is 11.1 Å². The lowest BCUT2D eigenvalue weighted by atomic mass is 10.2. The molecule has 0 unspecified atom stereocenters. The average molecular weight is 489 g/mol. The van der Waals surface area contributed by atoms with Crippen molar-refractivity contribution < 1.29 is 0 Å². The van der Waals surface area contributed by atoms with Crippen LogP contribution in [0.5, 0.6) is 0 Å². The summed E-state index contributed by atoms with van der Waals surface area (Å²) in [4.78, 5) is 0. The van der Waals surface area contributed by atoms with Crippen molar-refractivity contribution in [3.05, 3.63) is 49.8 Å². The summed E-state index contributed by atoms with van der Waals surface area (Å²) >= 11 is 5.80. The molecule has 1 aliphatic rings. The van der Waals surface area contributed by atoms with Crippen molar-refractivity contribution in [2.75, 3.05) is 0 Å². The van der Waals surface area contributed by atoms with E-state index in [2.05, 4.69) is 85.8 Å². The molecule has 8 heteroatoms. The standard InChI is InChI=1S/C15H18BrIN6/c1-10(2)8-22-14(17)13(7-18-22)15-19-20-21-23(15)9-11-3-5-12(16)6-4-11/h3-7,10,20-21H,8-9H2,1-2H3. The van der Waals surface area contributed by atoms with Gasteiger partial charge in [0, 0.05) is 11.0 Å². The Labute approximate surface area is 157 Å². The van der Waals surface area contributed by atoms with Crippen LogP contribution in [0.2, 0.25) is 0 Å². The second-order valence-corrected chi connectivity index (χ2v) is 7.73. The monoisotopic (exact) mass is 488 g/mol. The number of amidine groups is 1. The first-order valence-corrected chi connectivity index (χ1v) is 9.23. The third-order valence-corrected chi connectivity index (χ3v) is 5.08. The predicted octanol–water partition coefficient (Wildman–Crippen LogP) is 3.09. The number of hydrogen-bond acceptors (Lipinski definition) is 5. The van der Waals surface area contributed by atoms with Crippen LogP contribution in [0, 0.1) is 9.62 Å². The van der Waals surface area contributed by atoms with Crippen LogP contribution in [-0.2, 0) is 13.1 Å². The maximum atomic E-state index is 4.49. The molecule has 0 fully saturated rings. The van der Waals surface area contributed by atoms with Crippen LogP contribution in [0.1, 0.15) is 25.0 Å². The first kappa shape index (κ1) is 16.7. The Balaban J connectivity index is 1.79. The molecule has 0 spiro atoms. The Morgan fingerprint density at radius 3 is 2.70 bits per heavy atom. The van der Waals surface area contributed by atoms with Gasteiger partial charge in [-0.05, 0) is 46.2 Å². The summed E-state index contributed by atoms with van der Waals surface area (Å²) in [6.07, 6.45) is 1.88. The van der Waals surface area contributed by atoms with E-state index >= 15 is 0 Å². The minimum Gasteiger partial charge on any atom is -0.266 e. The van der Waals surface area contributed by atoms with Crippen molar-refractivity contribution >= 4 is 44.4 Å². The summed E-state index contributed by atoms with van der Waals surface area (Å²) < 4.78 is 4.20. The fourth-order valence-electron chi connectivity index (χ4n) is 2.34. The number of nitrogens with one attached hydrogen (secondary N) is 2. The molecule has 0 aliphatic carbocycles. The molecular formula is C15H18BrIN6. The molecule has 1 aliphatic heterocycles. The van der Waals surface area contributed by atoms with E-state index in [0.717, 1.165) is 26.1 Å². The molecule has 0 bridgehead atoms. The number of aromatic nitrogens is 2. The molecule has 1 aromatic carbocycles. The highest BCUT2D eigenvalue weighted by Crippen LogP contribution is 2.19. The van der Waals surface area contributed by atoms with Crippen LogP contribution in [0.3, 0.4) is 0 Å². The molecular weight excluding hydrogens is 471 g/mol. The average Bonchev–Trinajstić information content (AvgIpc) is 3.09. The van der Waals surface area contributed by atoms with E-state index < -0.39 is 0 Å². The van der Waals surface area contributed by atoms with E-state index in [1.54, 1.807) is 0 Å². The Morgan fingerprint density at radius 1 is 1.26 bits per heavy atom. The van der Waals surface area contributed by atoms with Gasteiger partial charge < -0.3 is 0 Å². The van der Waals surface area contributed by atoms with E-state index in [-0.39, 0.29) is 0 Å². The zero-order valence-corrected chi connectivity index (χ0v) is 16.7. The van der Waals surface area contributed by atoms with Crippen molar-refractivity contribution in [3.63, 3.8) is 0 Å². The van der Waals surface area contributed by atoms with Gasteiger partial charge in [0.15, 0.2) is 5.84 Å². The van der Waals surface area contributed by atoms with Crippen LogP contribution in [0.25, 0.3) is 0 Å². The fraction of sp³-hybridized carbons (Fsp3) is 0.333. The summed E-state index contributed by atoms with van der Waals surface area (Å²) in [7, 11) is 0. The Bertz CT molecular complexity index is 709. The summed E-state index contributed by atoms with van der Waals surface area (Å²) in [5.74, 6) is 1.41. The molecule has 2 heterocycles. The SMILES string of the molecule is CC(C)Cn1ncc(C2=NNNN2Cc2ccc(Br)cc2)c1I. The highest BCUT2D eigenvalue weighted by Gasteiger charge is 2.23. The van der Waals surface area contributed by atoms with Gasteiger partial charge in [-0.3, -0.25) is 9.69 Å². The Kier molecular flexibility index (Phi) is 5.22. The molecule has 122 valence electrons. The predicted molar refractivity (Wildman–Crippen MR) is 102 cm³/mol. The van der Waals surface area contributed by atoms with Gasteiger partial charge >= 0.3 is 0 Å². The van der Waals surface area contributed by atoms with Crippen molar-refractivity contribution in [2.24, 2.45) is 11.0 Å². The number of nitrogens with zero attached hydrogens (tertiary/aromatic N) is 4. The minimum atomic E-state index is 0.553. The van der Waals surface area contributed by atoms with E-state index in [9.17, 15) is 0 Å². The number of halogens is 2. The molecule has 3 rings (SSSR count). The minimum absolute atomic E-state index is 0.553. The van der Waals surface area contributed by atoms with Crippen LogP contribution in [0.15, 0.2) is 40.0 Å². The molecule has 0 saturated heterocycles. The number of hydrazine groups is 2. The highest BCUT2D eigenvalue weighted by molar-refractivity contribution is 14.1. The molecule has 6 nitrogen and oxygen atoms in total. The van der Waals surface area contributed by atoms with Crippen LogP contribution in [-0.4, -0.2) is 20.6 Å².